The number of rotatable bonds is 9. The second-order valence-electron chi connectivity index (χ2n) is 12.4. The molecule has 0 aliphatic rings. The third kappa shape index (κ3) is 8.87. The molecule has 0 radical (unpaired) electrons. The zero-order chi connectivity index (χ0) is 40.1. The molecule has 0 aliphatic carbocycles. The first-order valence-corrected chi connectivity index (χ1v) is 19.6. The van der Waals surface area contributed by atoms with E-state index < -0.39 is 9.84 Å². The van der Waals surface area contributed by atoms with Gasteiger partial charge in [0.15, 0.2) is 14.9 Å². The van der Waals surface area contributed by atoms with Gasteiger partial charge in [0.1, 0.15) is 16.2 Å². The van der Waals surface area contributed by atoms with Crippen LogP contribution in [-0.2, 0) is 22.9 Å². The molecule has 6 aromatic heterocycles. The average Bonchev–Trinajstić information content (AvgIpc) is 3.86. The van der Waals surface area contributed by atoms with Gasteiger partial charge in [-0.3, -0.25) is 19.6 Å². The average molecular weight is 852 g/mol. The van der Waals surface area contributed by atoms with E-state index in [0.29, 0.717) is 56.4 Å². The topological polar surface area (TPSA) is 180 Å². The number of amides is 2. The van der Waals surface area contributed by atoms with Gasteiger partial charge >= 0.3 is 0 Å². The molecule has 2 amide bonds. The van der Waals surface area contributed by atoms with Gasteiger partial charge in [-0.05, 0) is 87.7 Å². The van der Waals surface area contributed by atoms with E-state index in [1.165, 1.54) is 48.9 Å². The number of hydrogen-bond donors (Lipinski definition) is 2. The van der Waals surface area contributed by atoms with Gasteiger partial charge in [0.2, 0.25) is 0 Å². The minimum Gasteiger partial charge on any atom is -0.348 e. The first-order chi connectivity index (χ1) is 27.4. The van der Waals surface area contributed by atoms with Crippen molar-refractivity contribution < 1.29 is 26.8 Å². The van der Waals surface area contributed by atoms with Crippen LogP contribution in [0.1, 0.15) is 31.8 Å². The van der Waals surface area contributed by atoms with Crippen molar-refractivity contribution in [3.05, 3.63) is 161 Å². The van der Waals surface area contributed by atoms with Gasteiger partial charge in [-0.1, -0.05) is 12.1 Å². The summed E-state index contributed by atoms with van der Waals surface area (Å²) in [6, 6.07) is 18.5. The Bertz CT molecular complexity index is 2840. The van der Waals surface area contributed by atoms with Crippen molar-refractivity contribution in [1.82, 2.24) is 50.1 Å². The van der Waals surface area contributed by atoms with Gasteiger partial charge < -0.3 is 10.6 Å². The number of halogens is 3. The van der Waals surface area contributed by atoms with Crippen LogP contribution in [-0.4, -0.2) is 66.0 Å². The standard InChI is InChI=1S/C20H16FN5O3S.C19H13BrFN5O/c1-30(28,29)19-7-2-13(8-23-19)9-24-20(27)17-10-22-12-18-16(17)11-25-26(18)15-5-3-14(21)4-6-15;20-18-6-1-12(7-23-18)8-24-19(27)16-9-22-11-17-15(16)10-25-26(17)14-4-2-13(21)3-5-14/h2-8,10-12H,9H2,1H3,(H,24,27);1-7,9-11H,8H2,(H,24,27). The summed E-state index contributed by atoms with van der Waals surface area (Å²) in [7, 11) is -3.38. The largest absolute Gasteiger partial charge is 0.348 e. The first kappa shape index (κ1) is 38.5. The van der Waals surface area contributed by atoms with Crippen molar-refractivity contribution in [3.8, 4) is 11.4 Å². The van der Waals surface area contributed by atoms with E-state index in [0.717, 1.165) is 16.4 Å². The highest BCUT2D eigenvalue weighted by molar-refractivity contribution is 9.10. The lowest BCUT2D eigenvalue weighted by Crippen LogP contribution is -2.23. The second kappa shape index (κ2) is 16.5. The van der Waals surface area contributed by atoms with Gasteiger partial charge in [0.05, 0.1) is 58.3 Å². The molecular weight excluding hydrogens is 822 g/mol. The van der Waals surface area contributed by atoms with E-state index in [1.807, 2.05) is 12.1 Å². The molecule has 6 heterocycles. The molecule has 18 heteroatoms. The fraction of sp³-hybridized carbons (Fsp3) is 0.0769. The summed E-state index contributed by atoms with van der Waals surface area (Å²) >= 11 is 3.28. The number of fused-ring (bicyclic) bond motifs is 2. The highest BCUT2D eigenvalue weighted by Crippen LogP contribution is 2.23. The fourth-order valence-corrected chi connectivity index (χ4v) is 6.42. The SMILES string of the molecule is CS(=O)(=O)c1ccc(CNC(=O)c2cncc3c2cnn3-c2ccc(F)cc2)cn1.O=C(NCc1ccc(Br)nc1)c1cncc2c1cnn2-c1ccc(F)cc1. The summed E-state index contributed by atoms with van der Waals surface area (Å²) in [4.78, 5) is 41.6. The summed E-state index contributed by atoms with van der Waals surface area (Å²) in [5, 5.41) is 15.5. The number of aromatic nitrogens is 8. The quantitative estimate of drug-likeness (QED) is 0.165. The van der Waals surface area contributed by atoms with Crippen molar-refractivity contribution in [2.24, 2.45) is 0 Å². The Kier molecular flexibility index (Phi) is 11.2. The monoisotopic (exact) mass is 850 g/mol. The maximum Gasteiger partial charge on any atom is 0.253 e. The zero-order valence-electron chi connectivity index (χ0n) is 29.7. The summed E-state index contributed by atoms with van der Waals surface area (Å²) < 4.78 is 53.2. The van der Waals surface area contributed by atoms with Crippen LogP contribution in [0.4, 0.5) is 8.78 Å². The van der Waals surface area contributed by atoms with Gasteiger partial charge in [0, 0.05) is 54.9 Å². The summed E-state index contributed by atoms with van der Waals surface area (Å²) in [6.07, 6.45) is 13.5. The van der Waals surface area contributed by atoms with Crippen LogP contribution in [0.25, 0.3) is 33.2 Å². The molecule has 14 nitrogen and oxygen atoms in total. The minimum absolute atomic E-state index is 0.0280. The number of hydrogen-bond acceptors (Lipinski definition) is 10. The predicted octanol–water partition coefficient (Wildman–Crippen LogP) is 5.94. The third-order valence-electron chi connectivity index (χ3n) is 8.50. The molecule has 0 spiro atoms. The number of nitrogens with zero attached hydrogens (tertiary/aromatic N) is 8. The van der Waals surface area contributed by atoms with Crippen molar-refractivity contribution in [2.45, 2.75) is 18.1 Å². The van der Waals surface area contributed by atoms with Gasteiger partial charge in [0.25, 0.3) is 11.8 Å². The highest BCUT2D eigenvalue weighted by atomic mass is 79.9. The van der Waals surface area contributed by atoms with E-state index in [1.54, 1.807) is 70.7 Å². The molecule has 0 saturated heterocycles. The molecule has 2 N–H and O–H groups in total. The maximum atomic E-state index is 13.2. The number of carbonyl (C=O) groups excluding carboxylic acids is 2. The molecule has 2 aromatic carbocycles. The van der Waals surface area contributed by atoms with Crippen molar-refractivity contribution >= 4 is 59.4 Å². The van der Waals surface area contributed by atoms with Crippen LogP contribution in [0, 0.1) is 11.6 Å². The Labute approximate surface area is 331 Å². The predicted molar refractivity (Wildman–Crippen MR) is 209 cm³/mol. The van der Waals surface area contributed by atoms with E-state index in [9.17, 15) is 26.8 Å². The molecule has 0 atom stereocenters. The van der Waals surface area contributed by atoms with Gasteiger partial charge in [-0.15, -0.1) is 0 Å². The van der Waals surface area contributed by atoms with Crippen LogP contribution in [0.15, 0.2) is 132 Å². The number of sulfone groups is 1. The zero-order valence-corrected chi connectivity index (χ0v) is 32.1. The Hall–Kier alpha value is -6.79. The number of pyridine rings is 4. The lowest BCUT2D eigenvalue weighted by atomic mass is 10.1. The van der Waals surface area contributed by atoms with E-state index in [-0.39, 0.29) is 35.0 Å². The Morgan fingerprint density at radius 3 is 1.47 bits per heavy atom. The van der Waals surface area contributed by atoms with Crippen molar-refractivity contribution in [1.29, 1.82) is 0 Å². The van der Waals surface area contributed by atoms with Crippen LogP contribution in [0.2, 0.25) is 0 Å². The number of benzene rings is 2. The molecule has 8 aromatic rings. The van der Waals surface area contributed by atoms with Crippen LogP contribution >= 0.6 is 15.9 Å². The molecule has 286 valence electrons. The minimum atomic E-state index is -3.38. The molecule has 0 unspecified atom stereocenters. The molecule has 0 saturated carbocycles. The van der Waals surface area contributed by atoms with Gasteiger partial charge in [-0.25, -0.2) is 36.5 Å². The molecule has 57 heavy (non-hydrogen) atoms. The van der Waals surface area contributed by atoms with Gasteiger partial charge in [-0.2, -0.15) is 10.2 Å². The summed E-state index contributed by atoms with van der Waals surface area (Å²) in [6.45, 7) is 0.514. The lowest BCUT2D eigenvalue weighted by molar-refractivity contribution is 0.0944. The van der Waals surface area contributed by atoms with Crippen molar-refractivity contribution in [2.75, 3.05) is 6.26 Å². The van der Waals surface area contributed by atoms with Crippen LogP contribution in [0.3, 0.4) is 0 Å². The maximum absolute atomic E-state index is 13.2. The Morgan fingerprint density at radius 2 is 1.07 bits per heavy atom. The summed E-state index contributed by atoms with van der Waals surface area (Å²) in [5.74, 6) is -1.29. The van der Waals surface area contributed by atoms with E-state index in [4.69, 9.17) is 0 Å². The highest BCUT2D eigenvalue weighted by Gasteiger charge is 2.17. The normalized spacial score (nSPS) is 11.2. The van der Waals surface area contributed by atoms with E-state index >= 15 is 0 Å². The fourth-order valence-electron chi connectivity index (χ4n) is 5.62. The third-order valence-corrected chi connectivity index (χ3v) is 9.97. The molecule has 0 bridgehead atoms. The Balaban J connectivity index is 0.000000175. The summed E-state index contributed by atoms with van der Waals surface area (Å²) in [5.41, 5.74) is 4.89. The number of carbonyl (C=O) groups is 2. The second-order valence-corrected chi connectivity index (χ2v) is 15.2. The van der Waals surface area contributed by atoms with Crippen molar-refractivity contribution in [3.63, 3.8) is 0 Å². The molecule has 0 aliphatic heterocycles. The van der Waals surface area contributed by atoms with Crippen LogP contribution in [0.5, 0.6) is 0 Å². The molecule has 0 fully saturated rings. The Morgan fingerprint density at radius 1 is 0.614 bits per heavy atom. The van der Waals surface area contributed by atoms with Crippen LogP contribution < -0.4 is 10.6 Å². The first-order valence-electron chi connectivity index (χ1n) is 16.9. The molecule has 8 rings (SSSR count). The number of nitrogens with one attached hydrogen (secondary N) is 2. The molecular formula is C39H29BrF2N10O4S. The van der Waals surface area contributed by atoms with E-state index in [2.05, 4.69) is 56.7 Å². The smallest absolute Gasteiger partial charge is 0.253 e. The lowest BCUT2D eigenvalue weighted by Gasteiger charge is -2.07.